The normalized spacial score (nSPS) is 9.89. The van der Waals surface area contributed by atoms with Crippen molar-refractivity contribution in [3.63, 3.8) is 0 Å². The summed E-state index contributed by atoms with van der Waals surface area (Å²) in [4.78, 5) is 59.8. The molecule has 0 fully saturated rings. The Labute approximate surface area is 217 Å². The summed E-state index contributed by atoms with van der Waals surface area (Å²) < 4.78 is 20.7. The minimum atomic E-state index is -0.835. The standard InChI is InChI=1S/C29H20O9/c1-4-23(30)18-7-9-19(10-8-18)28(33)35-21-12-14-22(15-13-21)36-29(34)20-11-16-24(37-26(31)5-2)25(17-20)38-27(32)6-3/h4-17H,1-3H2. The molecular formula is C29H20O9. The lowest BCUT2D eigenvalue weighted by Crippen LogP contribution is -2.12. The summed E-state index contributed by atoms with van der Waals surface area (Å²) in [7, 11) is 0. The molecule has 0 saturated carbocycles. The summed E-state index contributed by atoms with van der Waals surface area (Å²) in [6, 6.07) is 15.3. The van der Waals surface area contributed by atoms with Crippen LogP contribution in [-0.4, -0.2) is 29.7 Å². The highest BCUT2D eigenvalue weighted by Crippen LogP contribution is 2.30. The molecule has 190 valence electrons. The highest BCUT2D eigenvalue weighted by Gasteiger charge is 2.17. The molecular weight excluding hydrogens is 492 g/mol. The van der Waals surface area contributed by atoms with E-state index < -0.39 is 23.9 Å². The highest BCUT2D eigenvalue weighted by atomic mass is 16.6. The van der Waals surface area contributed by atoms with Gasteiger partial charge in [0.05, 0.1) is 11.1 Å². The van der Waals surface area contributed by atoms with Gasteiger partial charge in [-0.3, -0.25) is 4.79 Å². The highest BCUT2D eigenvalue weighted by molar-refractivity contribution is 6.04. The van der Waals surface area contributed by atoms with Crippen molar-refractivity contribution in [2.75, 3.05) is 0 Å². The summed E-state index contributed by atoms with van der Waals surface area (Å²) in [5, 5.41) is 0. The van der Waals surface area contributed by atoms with Gasteiger partial charge in [-0.25, -0.2) is 19.2 Å². The zero-order valence-corrected chi connectivity index (χ0v) is 19.9. The average molecular weight is 512 g/mol. The average Bonchev–Trinajstić information content (AvgIpc) is 2.94. The molecule has 0 aromatic heterocycles. The Hall–Kier alpha value is -5.57. The minimum absolute atomic E-state index is 0.0100. The van der Waals surface area contributed by atoms with E-state index in [0.29, 0.717) is 5.56 Å². The van der Waals surface area contributed by atoms with E-state index in [4.69, 9.17) is 18.9 Å². The van der Waals surface area contributed by atoms with Gasteiger partial charge < -0.3 is 18.9 Å². The molecule has 9 nitrogen and oxygen atoms in total. The Morgan fingerprint density at radius 2 is 0.947 bits per heavy atom. The van der Waals surface area contributed by atoms with E-state index in [1.165, 1.54) is 72.8 Å². The third-order valence-electron chi connectivity index (χ3n) is 4.77. The first-order valence-electron chi connectivity index (χ1n) is 10.9. The second-order valence-electron chi connectivity index (χ2n) is 7.31. The van der Waals surface area contributed by atoms with Gasteiger partial charge in [0.15, 0.2) is 17.3 Å². The first kappa shape index (κ1) is 27.0. The minimum Gasteiger partial charge on any atom is -0.423 e. The van der Waals surface area contributed by atoms with Gasteiger partial charge in [-0.15, -0.1) is 0 Å². The number of hydrogen-bond acceptors (Lipinski definition) is 9. The predicted molar refractivity (Wildman–Crippen MR) is 135 cm³/mol. The molecule has 0 saturated heterocycles. The van der Waals surface area contributed by atoms with Crippen LogP contribution in [0.3, 0.4) is 0 Å². The third-order valence-corrected chi connectivity index (χ3v) is 4.77. The zero-order valence-electron chi connectivity index (χ0n) is 19.9. The second-order valence-corrected chi connectivity index (χ2v) is 7.31. The Morgan fingerprint density at radius 1 is 0.500 bits per heavy atom. The van der Waals surface area contributed by atoms with E-state index in [1.807, 2.05) is 0 Å². The van der Waals surface area contributed by atoms with Gasteiger partial charge in [-0.2, -0.15) is 0 Å². The lowest BCUT2D eigenvalue weighted by Gasteiger charge is -2.11. The van der Waals surface area contributed by atoms with Crippen LogP contribution < -0.4 is 18.9 Å². The molecule has 0 unspecified atom stereocenters. The van der Waals surface area contributed by atoms with Crippen LogP contribution in [0, 0.1) is 0 Å². The van der Waals surface area contributed by atoms with E-state index in [2.05, 4.69) is 19.7 Å². The van der Waals surface area contributed by atoms with E-state index in [0.717, 1.165) is 12.2 Å². The first-order chi connectivity index (χ1) is 18.2. The molecule has 0 amide bonds. The van der Waals surface area contributed by atoms with Gasteiger partial charge in [0.2, 0.25) is 0 Å². The first-order valence-corrected chi connectivity index (χ1v) is 10.9. The predicted octanol–water partition coefficient (Wildman–Crippen LogP) is 4.68. The summed E-state index contributed by atoms with van der Waals surface area (Å²) in [5.74, 6) is -3.35. The smallest absolute Gasteiger partial charge is 0.343 e. The molecule has 38 heavy (non-hydrogen) atoms. The second kappa shape index (κ2) is 12.4. The Bertz CT molecular complexity index is 1430. The molecule has 0 heterocycles. The molecule has 0 bridgehead atoms. The molecule has 0 aliphatic carbocycles. The molecule has 0 aliphatic rings. The van der Waals surface area contributed by atoms with Crippen molar-refractivity contribution in [1.29, 1.82) is 0 Å². The van der Waals surface area contributed by atoms with E-state index in [9.17, 15) is 24.0 Å². The Balaban J connectivity index is 1.68. The lowest BCUT2D eigenvalue weighted by molar-refractivity contribution is -0.131. The van der Waals surface area contributed by atoms with Crippen molar-refractivity contribution in [3.05, 3.63) is 121 Å². The van der Waals surface area contributed by atoms with Crippen LogP contribution in [0.5, 0.6) is 23.0 Å². The van der Waals surface area contributed by atoms with Gasteiger partial charge in [0, 0.05) is 17.7 Å². The summed E-state index contributed by atoms with van der Waals surface area (Å²) in [5.41, 5.74) is 0.613. The fraction of sp³-hybridized carbons (Fsp3) is 0. The maximum Gasteiger partial charge on any atom is 0.343 e. The van der Waals surface area contributed by atoms with Crippen molar-refractivity contribution in [3.8, 4) is 23.0 Å². The molecule has 3 aromatic carbocycles. The number of benzene rings is 3. The van der Waals surface area contributed by atoms with Gasteiger partial charge in [0.1, 0.15) is 11.5 Å². The van der Waals surface area contributed by atoms with Gasteiger partial charge in [-0.05, 0) is 60.7 Å². The van der Waals surface area contributed by atoms with Crippen LogP contribution in [0.4, 0.5) is 0 Å². The number of esters is 4. The summed E-state index contributed by atoms with van der Waals surface area (Å²) >= 11 is 0. The van der Waals surface area contributed by atoms with E-state index >= 15 is 0 Å². The number of rotatable bonds is 10. The van der Waals surface area contributed by atoms with Crippen molar-refractivity contribution < 1.29 is 42.9 Å². The zero-order chi connectivity index (χ0) is 27.7. The van der Waals surface area contributed by atoms with Crippen LogP contribution in [0.2, 0.25) is 0 Å². The van der Waals surface area contributed by atoms with Gasteiger partial charge in [0.25, 0.3) is 0 Å². The number of carbonyl (C=O) groups is 5. The van der Waals surface area contributed by atoms with Crippen molar-refractivity contribution in [1.82, 2.24) is 0 Å². The SMILES string of the molecule is C=CC(=O)Oc1ccc(C(=O)Oc2ccc(OC(=O)c3ccc(C(=O)C=C)cc3)cc2)cc1OC(=O)C=C. The Morgan fingerprint density at radius 3 is 1.45 bits per heavy atom. The molecule has 3 aromatic rings. The van der Waals surface area contributed by atoms with Crippen LogP contribution in [0.25, 0.3) is 0 Å². The van der Waals surface area contributed by atoms with Crippen molar-refractivity contribution >= 4 is 29.7 Å². The number of carbonyl (C=O) groups excluding carboxylic acids is 5. The number of allylic oxidation sites excluding steroid dienone is 1. The number of ether oxygens (including phenoxy) is 4. The quantitative estimate of drug-likeness (QED) is 0.165. The number of hydrogen-bond donors (Lipinski definition) is 0. The topological polar surface area (TPSA) is 122 Å². The Kier molecular flexibility index (Phi) is 8.82. The molecule has 3 rings (SSSR count). The van der Waals surface area contributed by atoms with Crippen LogP contribution >= 0.6 is 0 Å². The van der Waals surface area contributed by atoms with E-state index in [1.54, 1.807) is 0 Å². The van der Waals surface area contributed by atoms with Crippen LogP contribution in [-0.2, 0) is 9.59 Å². The fourth-order valence-electron chi connectivity index (χ4n) is 2.90. The summed E-state index contributed by atoms with van der Waals surface area (Å²) in [6.07, 6.45) is 3.00. The van der Waals surface area contributed by atoms with E-state index in [-0.39, 0.29) is 39.9 Å². The van der Waals surface area contributed by atoms with Crippen LogP contribution in [0.1, 0.15) is 31.1 Å². The largest absolute Gasteiger partial charge is 0.423 e. The van der Waals surface area contributed by atoms with Gasteiger partial charge >= 0.3 is 23.9 Å². The molecule has 0 atom stereocenters. The van der Waals surface area contributed by atoms with Crippen molar-refractivity contribution in [2.24, 2.45) is 0 Å². The number of ketones is 1. The van der Waals surface area contributed by atoms with Crippen LogP contribution in [0.15, 0.2) is 105 Å². The fourth-order valence-corrected chi connectivity index (χ4v) is 2.90. The summed E-state index contributed by atoms with van der Waals surface area (Å²) in [6.45, 7) is 10.00. The molecule has 9 heteroatoms. The van der Waals surface area contributed by atoms with Gasteiger partial charge in [-0.1, -0.05) is 31.9 Å². The maximum absolute atomic E-state index is 12.6. The molecule has 0 aliphatic heterocycles. The van der Waals surface area contributed by atoms with Crippen molar-refractivity contribution in [2.45, 2.75) is 0 Å². The lowest BCUT2D eigenvalue weighted by atomic mass is 10.1. The molecule has 0 N–H and O–H groups in total. The molecule has 0 spiro atoms. The maximum atomic E-state index is 12.6. The monoisotopic (exact) mass is 512 g/mol. The third kappa shape index (κ3) is 6.98. The molecule has 0 radical (unpaired) electrons.